The summed E-state index contributed by atoms with van der Waals surface area (Å²) in [6.07, 6.45) is -0.826. The lowest BCUT2D eigenvalue weighted by atomic mass is 10.3. The van der Waals surface area contributed by atoms with Crippen LogP contribution < -0.4 is 11.2 Å². The molecule has 8 heteroatoms. The molecule has 0 aromatic carbocycles. The summed E-state index contributed by atoms with van der Waals surface area (Å²) >= 11 is 0. The first-order chi connectivity index (χ1) is 8.90. The standard InChI is InChI=1S/C11H17N3O5/c1-6-5-13(11(18)12-9(6)16)8-3-4-14(19-8)10(17)7(2)15/h5,7-8,10,15,17H,3-4H2,1-2H3,(H,12,16,18)/t7-,8?,10?/m0/s1. The van der Waals surface area contributed by atoms with Crippen molar-refractivity contribution < 1.29 is 15.1 Å². The van der Waals surface area contributed by atoms with Gasteiger partial charge in [0, 0.05) is 24.7 Å². The van der Waals surface area contributed by atoms with Gasteiger partial charge in [-0.05, 0) is 13.8 Å². The number of H-pyrrole nitrogens is 1. The minimum absolute atomic E-state index is 0.376. The Labute approximate surface area is 108 Å². The number of nitrogens with one attached hydrogen (secondary N) is 1. The van der Waals surface area contributed by atoms with E-state index in [0.29, 0.717) is 18.5 Å². The van der Waals surface area contributed by atoms with Crippen molar-refractivity contribution in [2.75, 3.05) is 6.54 Å². The van der Waals surface area contributed by atoms with Crippen LogP contribution in [0.2, 0.25) is 0 Å². The Morgan fingerprint density at radius 2 is 2.16 bits per heavy atom. The molecule has 2 unspecified atom stereocenters. The molecular weight excluding hydrogens is 254 g/mol. The predicted molar refractivity (Wildman–Crippen MR) is 65.2 cm³/mol. The van der Waals surface area contributed by atoms with Gasteiger partial charge in [-0.2, -0.15) is 5.06 Å². The highest BCUT2D eigenvalue weighted by atomic mass is 16.7. The Hall–Kier alpha value is -1.48. The largest absolute Gasteiger partial charge is 0.389 e. The summed E-state index contributed by atoms with van der Waals surface area (Å²) < 4.78 is 1.27. The Bertz CT molecular complexity index is 564. The van der Waals surface area contributed by atoms with Crippen LogP contribution in [0.5, 0.6) is 0 Å². The van der Waals surface area contributed by atoms with Crippen molar-refractivity contribution in [3.8, 4) is 0 Å². The highest BCUT2D eigenvalue weighted by molar-refractivity contribution is 5.01. The van der Waals surface area contributed by atoms with Crippen molar-refractivity contribution in [2.45, 2.75) is 38.8 Å². The number of hydrogen-bond acceptors (Lipinski definition) is 6. The second-order valence-corrected chi connectivity index (χ2v) is 4.62. The lowest BCUT2D eigenvalue weighted by Gasteiger charge is -2.24. The number of hydroxylamine groups is 2. The summed E-state index contributed by atoms with van der Waals surface area (Å²) in [5.41, 5.74) is -0.591. The van der Waals surface area contributed by atoms with Gasteiger partial charge in [-0.1, -0.05) is 0 Å². The van der Waals surface area contributed by atoms with E-state index >= 15 is 0 Å². The van der Waals surface area contributed by atoms with Crippen LogP contribution in [0.1, 0.15) is 25.1 Å². The molecule has 0 bridgehead atoms. The van der Waals surface area contributed by atoms with Crippen LogP contribution in [0.4, 0.5) is 0 Å². The van der Waals surface area contributed by atoms with Gasteiger partial charge in [-0.15, -0.1) is 0 Å². The predicted octanol–water partition coefficient (Wildman–Crippen LogP) is -1.32. The molecule has 0 amide bonds. The van der Waals surface area contributed by atoms with E-state index in [2.05, 4.69) is 4.98 Å². The van der Waals surface area contributed by atoms with Gasteiger partial charge in [-0.3, -0.25) is 19.2 Å². The van der Waals surface area contributed by atoms with E-state index in [-0.39, 0.29) is 0 Å². The maximum absolute atomic E-state index is 11.7. The fourth-order valence-corrected chi connectivity index (χ4v) is 1.92. The van der Waals surface area contributed by atoms with E-state index in [0.717, 1.165) is 0 Å². The molecule has 0 aliphatic carbocycles. The maximum Gasteiger partial charge on any atom is 0.330 e. The fourth-order valence-electron chi connectivity index (χ4n) is 1.92. The minimum atomic E-state index is -1.15. The average molecular weight is 271 g/mol. The van der Waals surface area contributed by atoms with Crippen LogP contribution in [-0.4, -0.2) is 43.7 Å². The molecule has 1 aliphatic rings. The molecule has 1 fully saturated rings. The SMILES string of the molecule is Cc1cn(C2CCN(C(O)[C@H](C)O)O2)c(=O)[nH]c1=O. The Morgan fingerprint density at radius 1 is 1.47 bits per heavy atom. The molecule has 0 saturated carbocycles. The highest BCUT2D eigenvalue weighted by Gasteiger charge is 2.32. The van der Waals surface area contributed by atoms with Crippen molar-refractivity contribution in [1.29, 1.82) is 0 Å². The smallest absolute Gasteiger partial charge is 0.330 e. The number of aliphatic hydroxyl groups is 2. The zero-order chi connectivity index (χ0) is 14.2. The molecule has 2 heterocycles. The second kappa shape index (κ2) is 5.25. The van der Waals surface area contributed by atoms with Crippen LogP contribution in [-0.2, 0) is 4.84 Å². The number of aryl methyl sites for hydroxylation is 1. The summed E-state index contributed by atoms with van der Waals surface area (Å²) in [4.78, 5) is 30.6. The number of nitrogens with zero attached hydrogens (tertiary/aromatic N) is 2. The van der Waals surface area contributed by atoms with Crippen LogP contribution in [0, 0.1) is 6.92 Å². The first kappa shape index (κ1) is 13.9. The molecule has 2 rings (SSSR count). The molecule has 1 aliphatic heterocycles. The molecule has 3 N–H and O–H groups in total. The van der Waals surface area contributed by atoms with Crippen molar-refractivity contribution in [1.82, 2.24) is 14.6 Å². The van der Waals surface area contributed by atoms with Gasteiger partial charge in [-0.25, -0.2) is 4.79 Å². The Morgan fingerprint density at radius 3 is 2.79 bits per heavy atom. The van der Waals surface area contributed by atoms with Crippen molar-refractivity contribution >= 4 is 0 Å². The van der Waals surface area contributed by atoms with Crippen LogP contribution in [0.25, 0.3) is 0 Å². The fraction of sp³-hybridized carbons (Fsp3) is 0.636. The van der Waals surface area contributed by atoms with Gasteiger partial charge in [0.2, 0.25) is 0 Å². The van der Waals surface area contributed by atoms with Gasteiger partial charge in [0.15, 0.2) is 12.5 Å². The highest BCUT2D eigenvalue weighted by Crippen LogP contribution is 2.23. The van der Waals surface area contributed by atoms with Gasteiger partial charge in [0.25, 0.3) is 5.56 Å². The summed E-state index contributed by atoms with van der Waals surface area (Å²) in [5, 5.41) is 20.2. The van der Waals surface area contributed by atoms with Gasteiger partial charge < -0.3 is 10.2 Å². The van der Waals surface area contributed by atoms with E-state index in [9.17, 15) is 19.8 Å². The molecule has 106 valence electrons. The molecule has 3 atom stereocenters. The number of rotatable bonds is 3. The number of aromatic amines is 1. The van der Waals surface area contributed by atoms with Crippen LogP contribution in [0.15, 0.2) is 15.8 Å². The van der Waals surface area contributed by atoms with Crippen molar-refractivity contribution in [3.05, 3.63) is 32.6 Å². The number of aromatic nitrogens is 2. The number of aliphatic hydroxyl groups excluding tert-OH is 2. The third-order valence-corrected chi connectivity index (χ3v) is 3.04. The zero-order valence-corrected chi connectivity index (χ0v) is 10.7. The third kappa shape index (κ3) is 2.76. The van der Waals surface area contributed by atoms with E-state index in [1.165, 1.54) is 22.8 Å². The summed E-state index contributed by atoms with van der Waals surface area (Å²) in [6.45, 7) is 3.41. The van der Waals surface area contributed by atoms with E-state index < -0.39 is 29.8 Å². The molecule has 1 aromatic rings. The normalized spacial score (nSPS) is 23.5. The summed E-state index contributed by atoms with van der Waals surface area (Å²) in [5.74, 6) is 0. The third-order valence-electron chi connectivity index (χ3n) is 3.04. The molecule has 19 heavy (non-hydrogen) atoms. The van der Waals surface area contributed by atoms with E-state index in [4.69, 9.17) is 4.84 Å². The monoisotopic (exact) mass is 271 g/mol. The Balaban J connectivity index is 2.20. The van der Waals surface area contributed by atoms with Gasteiger partial charge in [0.1, 0.15) is 0 Å². The molecule has 0 radical (unpaired) electrons. The molecule has 8 nitrogen and oxygen atoms in total. The van der Waals surface area contributed by atoms with Crippen molar-refractivity contribution in [3.63, 3.8) is 0 Å². The lowest BCUT2D eigenvalue weighted by molar-refractivity contribution is -0.260. The van der Waals surface area contributed by atoms with Crippen LogP contribution >= 0.6 is 0 Å². The number of hydrogen-bond donors (Lipinski definition) is 3. The zero-order valence-electron chi connectivity index (χ0n) is 10.7. The molecule has 1 aromatic heterocycles. The lowest BCUT2D eigenvalue weighted by Crippen LogP contribution is -2.40. The van der Waals surface area contributed by atoms with E-state index in [1.54, 1.807) is 6.92 Å². The van der Waals surface area contributed by atoms with Crippen LogP contribution in [0.3, 0.4) is 0 Å². The first-order valence-electron chi connectivity index (χ1n) is 6.01. The summed E-state index contributed by atoms with van der Waals surface area (Å²) in [7, 11) is 0. The van der Waals surface area contributed by atoms with E-state index in [1.807, 2.05) is 0 Å². The summed E-state index contributed by atoms with van der Waals surface area (Å²) in [6, 6.07) is 0. The molecular formula is C11H17N3O5. The molecule has 0 spiro atoms. The topological polar surface area (TPSA) is 108 Å². The first-order valence-corrected chi connectivity index (χ1v) is 6.01. The quantitative estimate of drug-likeness (QED) is 0.629. The average Bonchev–Trinajstić information content (AvgIpc) is 2.81. The molecule has 1 saturated heterocycles. The van der Waals surface area contributed by atoms with Crippen molar-refractivity contribution in [2.24, 2.45) is 0 Å². The minimum Gasteiger partial charge on any atom is -0.389 e. The van der Waals surface area contributed by atoms with Gasteiger partial charge >= 0.3 is 5.69 Å². The second-order valence-electron chi connectivity index (χ2n) is 4.62. The Kier molecular flexibility index (Phi) is 3.85. The van der Waals surface area contributed by atoms with Gasteiger partial charge in [0.05, 0.1) is 6.10 Å². The maximum atomic E-state index is 11.7.